The van der Waals surface area contributed by atoms with Crippen molar-refractivity contribution in [3.63, 3.8) is 0 Å². The Kier molecular flexibility index (Phi) is 4.15. The summed E-state index contributed by atoms with van der Waals surface area (Å²) in [6, 6.07) is 11.3. The van der Waals surface area contributed by atoms with E-state index in [0.29, 0.717) is 11.5 Å². The molecule has 0 atom stereocenters. The number of nitrogens with zero attached hydrogens (tertiary/aromatic N) is 1. The summed E-state index contributed by atoms with van der Waals surface area (Å²) in [6.07, 6.45) is 2.51. The predicted molar refractivity (Wildman–Crippen MR) is 77.4 cm³/mol. The molecule has 0 aromatic heterocycles. The van der Waals surface area contributed by atoms with Gasteiger partial charge in [0.15, 0.2) is 11.6 Å². The van der Waals surface area contributed by atoms with Gasteiger partial charge < -0.3 is 4.74 Å². The number of ether oxygens (including phenoxy) is 1. The minimum absolute atomic E-state index is 0.298. The van der Waals surface area contributed by atoms with Crippen LogP contribution in [0.3, 0.4) is 0 Å². The highest BCUT2D eigenvalue weighted by Crippen LogP contribution is 2.24. The molecular formula is C17H17F2NO. The standard InChI is InChI=1S/C17H17F2NO/c18-16-7-6-15(11-17(16)19)21-14-5-3-4-13(10-14)12-20-8-1-2-9-20/h3-7,10-11H,1-2,8-9,12H2. The quantitative estimate of drug-likeness (QED) is 0.829. The first-order valence-electron chi connectivity index (χ1n) is 7.15. The average molecular weight is 289 g/mol. The van der Waals surface area contributed by atoms with Crippen LogP contribution < -0.4 is 4.74 Å². The monoisotopic (exact) mass is 289 g/mol. The van der Waals surface area contributed by atoms with E-state index in [4.69, 9.17) is 4.74 Å². The molecule has 1 aliphatic heterocycles. The van der Waals surface area contributed by atoms with Crippen LogP contribution in [0.1, 0.15) is 18.4 Å². The molecule has 0 N–H and O–H groups in total. The Morgan fingerprint density at radius 1 is 0.905 bits per heavy atom. The fraction of sp³-hybridized carbons (Fsp3) is 0.294. The van der Waals surface area contributed by atoms with Gasteiger partial charge in [-0.25, -0.2) is 8.78 Å². The van der Waals surface area contributed by atoms with Crippen LogP contribution in [0.2, 0.25) is 0 Å². The Morgan fingerprint density at radius 3 is 2.43 bits per heavy atom. The maximum Gasteiger partial charge on any atom is 0.162 e. The van der Waals surface area contributed by atoms with Gasteiger partial charge in [-0.3, -0.25) is 4.90 Å². The van der Waals surface area contributed by atoms with Gasteiger partial charge in [0.05, 0.1) is 0 Å². The van der Waals surface area contributed by atoms with Crippen molar-refractivity contribution in [2.75, 3.05) is 13.1 Å². The normalized spacial score (nSPS) is 15.3. The lowest BCUT2D eigenvalue weighted by molar-refractivity contribution is 0.331. The first-order valence-corrected chi connectivity index (χ1v) is 7.15. The van der Waals surface area contributed by atoms with Gasteiger partial charge in [0.1, 0.15) is 11.5 Å². The first kappa shape index (κ1) is 14.0. The van der Waals surface area contributed by atoms with Crippen LogP contribution in [0, 0.1) is 11.6 Å². The molecule has 0 amide bonds. The summed E-state index contributed by atoms with van der Waals surface area (Å²) in [7, 11) is 0. The molecule has 1 heterocycles. The largest absolute Gasteiger partial charge is 0.457 e. The number of hydrogen-bond donors (Lipinski definition) is 0. The van der Waals surface area contributed by atoms with Crippen molar-refractivity contribution in [2.24, 2.45) is 0 Å². The van der Waals surface area contributed by atoms with E-state index in [1.54, 1.807) is 0 Å². The topological polar surface area (TPSA) is 12.5 Å². The van der Waals surface area contributed by atoms with E-state index in [2.05, 4.69) is 11.0 Å². The minimum atomic E-state index is -0.902. The van der Waals surface area contributed by atoms with Gasteiger partial charge in [-0.15, -0.1) is 0 Å². The fourth-order valence-electron chi connectivity index (χ4n) is 2.58. The molecule has 110 valence electrons. The van der Waals surface area contributed by atoms with E-state index in [1.807, 2.05) is 18.2 Å². The van der Waals surface area contributed by atoms with Crippen LogP contribution in [0.4, 0.5) is 8.78 Å². The predicted octanol–water partition coefficient (Wildman–Crippen LogP) is 4.35. The lowest BCUT2D eigenvalue weighted by atomic mass is 10.2. The lowest BCUT2D eigenvalue weighted by Gasteiger charge is -2.15. The summed E-state index contributed by atoms with van der Waals surface area (Å²) >= 11 is 0. The minimum Gasteiger partial charge on any atom is -0.457 e. The van der Waals surface area contributed by atoms with Crippen LogP contribution in [0.5, 0.6) is 11.5 Å². The van der Waals surface area contributed by atoms with Crippen molar-refractivity contribution in [3.8, 4) is 11.5 Å². The summed E-state index contributed by atoms with van der Waals surface area (Å²) in [4.78, 5) is 2.40. The molecule has 4 heteroatoms. The number of benzene rings is 2. The molecule has 0 aliphatic carbocycles. The van der Waals surface area contributed by atoms with Gasteiger partial charge in [-0.1, -0.05) is 12.1 Å². The molecule has 1 fully saturated rings. The Balaban J connectivity index is 1.71. The number of rotatable bonds is 4. The van der Waals surface area contributed by atoms with Gasteiger partial charge in [0.2, 0.25) is 0 Å². The molecule has 0 radical (unpaired) electrons. The highest BCUT2D eigenvalue weighted by molar-refractivity contribution is 5.34. The second-order valence-electron chi connectivity index (χ2n) is 5.31. The Labute approximate surface area is 123 Å². The maximum atomic E-state index is 13.2. The van der Waals surface area contributed by atoms with Crippen LogP contribution in [0.25, 0.3) is 0 Å². The number of hydrogen-bond acceptors (Lipinski definition) is 2. The Hall–Kier alpha value is -1.94. The molecule has 0 spiro atoms. The van der Waals surface area contributed by atoms with Gasteiger partial charge in [0.25, 0.3) is 0 Å². The Morgan fingerprint density at radius 2 is 1.67 bits per heavy atom. The number of likely N-dealkylation sites (tertiary alicyclic amines) is 1. The molecule has 1 aliphatic rings. The first-order chi connectivity index (χ1) is 10.2. The molecule has 2 aromatic rings. The van der Waals surface area contributed by atoms with E-state index < -0.39 is 11.6 Å². The van der Waals surface area contributed by atoms with Gasteiger partial charge in [-0.05, 0) is 55.8 Å². The highest BCUT2D eigenvalue weighted by atomic mass is 19.2. The molecular weight excluding hydrogens is 272 g/mol. The number of halogens is 2. The highest BCUT2D eigenvalue weighted by Gasteiger charge is 2.12. The third kappa shape index (κ3) is 3.58. The van der Waals surface area contributed by atoms with Crippen molar-refractivity contribution in [2.45, 2.75) is 19.4 Å². The van der Waals surface area contributed by atoms with Crippen molar-refractivity contribution >= 4 is 0 Å². The van der Waals surface area contributed by atoms with Crippen LogP contribution in [-0.2, 0) is 6.54 Å². The molecule has 21 heavy (non-hydrogen) atoms. The average Bonchev–Trinajstić information content (AvgIpc) is 2.96. The lowest BCUT2D eigenvalue weighted by Crippen LogP contribution is -2.18. The second kappa shape index (κ2) is 6.22. The zero-order chi connectivity index (χ0) is 14.7. The summed E-state index contributed by atoms with van der Waals surface area (Å²) in [5.74, 6) is -0.837. The summed E-state index contributed by atoms with van der Waals surface area (Å²) in [5, 5.41) is 0. The van der Waals surface area contributed by atoms with E-state index in [0.717, 1.165) is 37.3 Å². The van der Waals surface area contributed by atoms with Crippen molar-refractivity contribution in [1.29, 1.82) is 0 Å². The molecule has 2 nitrogen and oxygen atoms in total. The molecule has 0 bridgehead atoms. The fourth-order valence-corrected chi connectivity index (χ4v) is 2.58. The van der Waals surface area contributed by atoms with Crippen molar-refractivity contribution in [1.82, 2.24) is 4.90 Å². The van der Waals surface area contributed by atoms with Gasteiger partial charge in [-0.2, -0.15) is 0 Å². The van der Waals surface area contributed by atoms with E-state index in [-0.39, 0.29) is 0 Å². The molecule has 2 aromatic carbocycles. The van der Waals surface area contributed by atoms with Gasteiger partial charge >= 0.3 is 0 Å². The van der Waals surface area contributed by atoms with E-state index in [1.165, 1.54) is 18.9 Å². The summed E-state index contributed by atoms with van der Waals surface area (Å²) in [6.45, 7) is 3.16. The van der Waals surface area contributed by atoms with E-state index >= 15 is 0 Å². The molecule has 1 saturated heterocycles. The zero-order valence-corrected chi connectivity index (χ0v) is 11.7. The van der Waals surface area contributed by atoms with Crippen LogP contribution >= 0.6 is 0 Å². The third-order valence-electron chi connectivity index (χ3n) is 3.63. The zero-order valence-electron chi connectivity index (χ0n) is 11.7. The summed E-state index contributed by atoms with van der Waals surface area (Å²) in [5.41, 5.74) is 1.16. The van der Waals surface area contributed by atoms with Crippen LogP contribution in [0.15, 0.2) is 42.5 Å². The van der Waals surface area contributed by atoms with Crippen LogP contribution in [-0.4, -0.2) is 18.0 Å². The smallest absolute Gasteiger partial charge is 0.162 e. The summed E-state index contributed by atoms with van der Waals surface area (Å²) < 4.78 is 31.7. The molecule has 3 rings (SSSR count). The molecule has 0 saturated carbocycles. The van der Waals surface area contributed by atoms with Crippen molar-refractivity contribution < 1.29 is 13.5 Å². The second-order valence-corrected chi connectivity index (χ2v) is 5.31. The molecule has 0 unspecified atom stereocenters. The third-order valence-corrected chi connectivity index (χ3v) is 3.63. The SMILES string of the molecule is Fc1ccc(Oc2cccc(CN3CCCC3)c2)cc1F. The van der Waals surface area contributed by atoms with Crippen molar-refractivity contribution in [3.05, 3.63) is 59.7 Å². The Bertz CT molecular complexity index is 624. The maximum absolute atomic E-state index is 13.2. The van der Waals surface area contributed by atoms with E-state index in [9.17, 15) is 8.78 Å². The van der Waals surface area contributed by atoms with Gasteiger partial charge in [0, 0.05) is 12.6 Å².